The first-order chi connectivity index (χ1) is 6.61. The van der Waals surface area contributed by atoms with E-state index in [-0.39, 0.29) is 6.10 Å². The molecule has 0 aliphatic heterocycles. The molecule has 0 rings (SSSR count). The van der Waals surface area contributed by atoms with Crippen LogP contribution >= 0.6 is 0 Å². The van der Waals surface area contributed by atoms with Crippen LogP contribution in [0.5, 0.6) is 0 Å². The molecule has 2 unspecified atom stereocenters. The van der Waals surface area contributed by atoms with Gasteiger partial charge in [0.2, 0.25) is 0 Å². The second-order valence-corrected chi connectivity index (χ2v) is 4.86. The third-order valence-electron chi connectivity index (χ3n) is 2.95. The normalized spacial score (nSPS) is 15.9. The van der Waals surface area contributed by atoms with E-state index in [0.717, 1.165) is 12.8 Å². The summed E-state index contributed by atoms with van der Waals surface area (Å²) < 4.78 is 0. The number of unbranched alkanes of at least 4 members (excludes halogenated alkanes) is 2. The highest BCUT2D eigenvalue weighted by Gasteiger charge is 2.17. The van der Waals surface area contributed by atoms with E-state index in [1.807, 2.05) is 0 Å². The highest BCUT2D eigenvalue weighted by Crippen LogP contribution is 2.22. The lowest BCUT2D eigenvalue weighted by atomic mass is 9.87. The first-order valence-corrected chi connectivity index (χ1v) is 6.29. The highest BCUT2D eigenvalue weighted by molar-refractivity contribution is 4.69. The molecule has 0 heterocycles. The minimum Gasteiger partial charge on any atom is -0.393 e. The molecule has 0 saturated carbocycles. The van der Waals surface area contributed by atoms with Gasteiger partial charge in [-0.1, -0.05) is 53.4 Å². The van der Waals surface area contributed by atoms with Crippen LogP contribution in [0.25, 0.3) is 0 Å². The first kappa shape index (κ1) is 14.0. The average molecular weight is 200 g/mol. The van der Waals surface area contributed by atoms with Gasteiger partial charge in [0.05, 0.1) is 6.10 Å². The summed E-state index contributed by atoms with van der Waals surface area (Å²) in [5, 5.41) is 9.98. The molecule has 0 aromatic carbocycles. The lowest BCUT2D eigenvalue weighted by Crippen LogP contribution is -2.21. The molecule has 14 heavy (non-hydrogen) atoms. The molecule has 2 atom stereocenters. The topological polar surface area (TPSA) is 20.2 Å². The summed E-state index contributed by atoms with van der Waals surface area (Å²) in [5.74, 6) is 1.23. The maximum Gasteiger partial charge on any atom is 0.0568 e. The summed E-state index contributed by atoms with van der Waals surface area (Å²) in [6, 6.07) is 0. The van der Waals surface area contributed by atoms with E-state index in [4.69, 9.17) is 0 Å². The Balaban J connectivity index is 3.73. The summed E-state index contributed by atoms with van der Waals surface area (Å²) >= 11 is 0. The Morgan fingerprint density at radius 2 is 1.71 bits per heavy atom. The second-order valence-electron chi connectivity index (χ2n) is 4.86. The molecule has 0 spiro atoms. The van der Waals surface area contributed by atoms with E-state index in [0.29, 0.717) is 11.8 Å². The van der Waals surface area contributed by atoms with Crippen molar-refractivity contribution in [2.24, 2.45) is 11.8 Å². The Hall–Kier alpha value is -0.0400. The summed E-state index contributed by atoms with van der Waals surface area (Å²) in [6.07, 6.45) is 6.91. The SMILES string of the molecule is CCCCCC(O)C(CC)CC(C)C. The van der Waals surface area contributed by atoms with E-state index in [9.17, 15) is 5.11 Å². The average Bonchev–Trinajstić information content (AvgIpc) is 2.14. The quantitative estimate of drug-likeness (QED) is 0.587. The predicted octanol–water partition coefficient (Wildman–Crippen LogP) is 4.00. The smallest absolute Gasteiger partial charge is 0.0568 e. The van der Waals surface area contributed by atoms with Crippen molar-refractivity contribution in [1.29, 1.82) is 0 Å². The predicted molar refractivity (Wildman–Crippen MR) is 63.4 cm³/mol. The zero-order valence-electron chi connectivity index (χ0n) is 10.4. The molecule has 1 nitrogen and oxygen atoms in total. The molecule has 0 aromatic heterocycles. The van der Waals surface area contributed by atoms with Gasteiger partial charge in [-0.25, -0.2) is 0 Å². The molecule has 1 N–H and O–H groups in total. The van der Waals surface area contributed by atoms with E-state index in [1.165, 1.54) is 25.7 Å². The lowest BCUT2D eigenvalue weighted by Gasteiger charge is -2.23. The third kappa shape index (κ3) is 6.42. The van der Waals surface area contributed by atoms with Crippen molar-refractivity contribution < 1.29 is 5.11 Å². The standard InChI is InChI=1S/C13H28O/c1-5-7-8-9-13(14)12(6-2)10-11(3)4/h11-14H,5-10H2,1-4H3. The Labute approximate surface area is 89.9 Å². The number of aliphatic hydroxyl groups is 1. The molecule has 86 valence electrons. The molecule has 0 radical (unpaired) electrons. The highest BCUT2D eigenvalue weighted by atomic mass is 16.3. The number of aliphatic hydroxyl groups excluding tert-OH is 1. The molecular weight excluding hydrogens is 172 g/mol. The van der Waals surface area contributed by atoms with Crippen LogP contribution in [-0.4, -0.2) is 11.2 Å². The van der Waals surface area contributed by atoms with E-state index in [1.54, 1.807) is 0 Å². The van der Waals surface area contributed by atoms with Gasteiger partial charge in [-0.3, -0.25) is 0 Å². The monoisotopic (exact) mass is 200 g/mol. The van der Waals surface area contributed by atoms with Crippen molar-refractivity contribution in [3.8, 4) is 0 Å². The van der Waals surface area contributed by atoms with Gasteiger partial charge < -0.3 is 5.11 Å². The molecular formula is C13H28O. The zero-order chi connectivity index (χ0) is 11.0. The van der Waals surface area contributed by atoms with Crippen molar-refractivity contribution in [1.82, 2.24) is 0 Å². The van der Waals surface area contributed by atoms with Crippen molar-refractivity contribution >= 4 is 0 Å². The zero-order valence-corrected chi connectivity index (χ0v) is 10.4. The van der Waals surface area contributed by atoms with Crippen LogP contribution in [0.2, 0.25) is 0 Å². The fraction of sp³-hybridized carbons (Fsp3) is 1.00. The summed E-state index contributed by atoms with van der Waals surface area (Å²) in [4.78, 5) is 0. The maximum absolute atomic E-state index is 9.98. The van der Waals surface area contributed by atoms with Gasteiger partial charge in [0.25, 0.3) is 0 Å². The van der Waals surface area contributed by atoms with Crippen LogP contribution in [-0.2, 0) is 0 Å². The van der Waals surface area contributed by atoms with Gasteiger partial charge in [0, 0.05) is 0 Å². The molecule has 0 fully saturated rings. The third-order valence-corrected chi connectivity index (χ3v) is 2.95. The van der Waals surface area contributed by atoms with Crippen LogP contribution in [0.3, 0.4) is 0 Å². The van der Waals surface area contributed by atoms with Crippen molar-refractivity contribution in [3.05, 3.63) is 0 Å². The van der Waals surface area contributed by atoms with Gasteiger partial charge in [0.1, 0.15) is 0 Å². The van der Waals surface area contributed by atoms with Gasteiger partial charge >= 0.3 is 0 Å². The minimum absolute atomic E-state index is 0.0612. The number of rotatable bonds is 8. The number of hydrogen-bond donors (Lipinski definition) is 1. The van der Waals surface area contributed by atoms with Crippen LogP contribution in [0.1, 0.15) is 66.2 Å². The summed E-state index contributed by atoms with van der Waals surface area (Å²) in [5.41, 5.74) is 0. The van der Waals surface area contributed by atoms with E-state index < -0.39 is 0 Å². The molecule has 1 heteroatoms. The lowest BCUT2D eigenvalue weighted by molar-refractivity contribution is 0.0820. The van der Waals surface area contributed by atoms with E-state index in [2.05, 4.69) is 27.7 Å². The molecule has 0 bridgehead atoms. The Morgan fingerprint density at radius 1 is 1.07 bits per heavy atom. The summed E-state index contributed by atoms with van der Waals surface area (Å²) in [7, 11) is 0. The van der Waals surface area contributed by atoms with Crippen molar-refractivity contribution in [2.75, 3.05) is 0 Å². The van der Waals surface area contributed by atoms with Crippen LogP contribution in [0.15, 0.2) is 0 Å². The first-order valence-electron chi connectivity index (χ1n) is 6.29. The van der Waals surface area contributed by atoms with Crippen molar-refractivity contribution in [2.45, 2.75) is 72.3 Å². The molecule has 0 saturated heterocycles. The molecule has 0 amide bonds. The number of hydrogen-bond acceptors (Lipinski definition) is 1. The fourth-order valence-electron chi connectivity index (χ4n) is 2.04. The second kappa shape index (κ2) is 8.28. The van der Waals surface area contributed by atoms with Gasteiger partial charge in [0.15, 0.2) is 0 Å². The fourth-order valence-corrected chi connectivity index (χ4v) is 2.04. The van der Waals surface area contributed by atoms with Crippen LogP contribution in [0, 0.1) is 11.8 Å². The van der Waals surface area contributed by atoms with Crippen LogP contribution in [0.4, 0.5) is 0 Å². The van der Waals surface area contributed by atoms with Gasteiger partial charge in [-0.05, 0) is 24.7 Å². The largest absolute Gasteiger partial charge is 0.393 e. The van der Waals surface area contributed by atoms with Crippen LogP contribution < -0.4 is 0 Å². The Bertz CT molecular complexity index is 120. The minimum atomic E-state index is -0.0612. The molecule has 0 aliphatic rings. The van der Waals surface area contributed by atoms with Gasteiger partial charge in [-0.15, -0.1) is 0 Å². The Kier molecular flexibility index (Phi) is 8.26. The molecule has 0 aliphatic carbocycles. The van der Waals surface area contributed by atoms with Gasteiger partial charge in [-0.2, -0.15) is 0 Å². The Morgan fingerprint density at radius 3 is 2.14 bits per heavy atom. The maximum atomic E-state index is 9.98. The molecule has 0 aromatic rings. The summed E-state index contributed by atoms with van der Waals surface area (Å²) in [6.45, 7) is 8.87. The van der Waals surface area contributed by atoms with E-state index >= 15 is 0 Å². The van der Waals surface area contributed by atoms with Crippen molar-refractivity contribution in [3.63, 3.8) is 0 Å².